The predicted molar refractivity (Wildman–Crippen MR) is 104 cm³/mol. The average molecular weight is 396 g/mol. The molecule has 1 fully saturated rings. The number of carbonyl (C=O) groups excluding carboxylic acids is 3. The summed E-state index contributed by atoms with van der Waals surface area (Å²) in [6.45, 7) is 5.23. The lowest BCUT2D eigenvalue weighted by Gasteiger charge is -2.37. The molecule has 9 heteroatoms. The Morgan fingerprint density at radius 1 is 1.21 bits per heavy atom. The highest BCUT2D eigenvalue weighted by molar-refractivity contribution is 6.04. The van der Waals surface area contributed by atoms with E-state index < -0.39 is 12.1 Å². The van der Waals surface area contributed by atoms with E-state index in [1.807, 2.05) is 39.9 Å². The number of hydrogen-bond donors (Lipinski definition) is 2. The Hall–Kier alpha value is -3.23. The molecule has 152 valence electrons. The summed E-state index contributed by atoms with van der Waals surface area (Å²) in [5, 5.41) is 9.37. The number of nitrogens with one attached hydrogen (secondary N) is 2. The molecule has 1 saturated heterocycles. The highest BCUT2D eigenvalue weighted by Gasteiger charge is 2.37. The van der Waals surface area contributed by atoms with Crippen LogP contribution in [0, 0.1) is 5.92 Å². The first-order chi connectivity index (χ1) is 13.9. The molecule has 0 aliphatic carbocycles. The van der Waals surface area contributed by atoms with Gasteiger partial charge in [-0.15, -0.1) is 0 Å². The molecule has 0 unspecified atom stereocenters. The van der Waals surface area contributed by atoms with Gasteiger partial charge in [0.2, 0.25) is 5.91 Å². The van der Waals surface area contributed by atoms with E-state index in [9.17, 15) is 14.4 Å². The second-order valence-corrected chi connectivity index (χ2v) is 7.71. The quantitative estimate of drug-likeness (QED) is 0.744. The number of aromatic nitrogens is 3. The maximum absolute atomic E-state index is 13.0. The van der Waals surface area contributed by atoms with E-state index in [-0.39, 0.29) is 36.6 Å². The molecule has 0 radical (unpaired) electrons. The molecule has 29 heavy (non-hydrogen) atoms. The SMILES string of the molecule is CC(C)[C@H]1c2nc(-c3ccccc3)nn2CCN1C(=O)CC[C@@H]1NC(=O)NC1=O. The third-order valence-electron chi connectivity index (χ3n) is 5.34. The lowest BCUT2D eigenvalue weighted by atomic mass is 9.99. The van der Waals surface area contributed by atoms with Crippen LogP contribution in [0.4, 0.5) is 4.79 Å². The van der Waals surface area contributed by atoms with Crippen molar-refractivity contribution in [1.82, 2.24) is 30.3 Å². The maximum Gasteiger partial charge on any atom is 0.322 e. The molecule has 2 aromatic rings. The van der Waals surface area contributed by atoms with Gasteiger partial charge in [-0.3, -0.25) is 14.9 Å². The van der Waals surface area contributed by atoms with Gasteiger partial charge in [-0.25, -0.2) is 14.5 Å². The van der Waals surface area contributed by atoms with Crippen molar-refractivity contribution in [1.29, 1.82) is 0 Å². The molecular formula is C20H24N6O3. The van der Waals surface area contributed by atoms with E-state index >= 15 is 0 Å². The fraction of sp³-hybridized carbons (Fsp3) is 0.450. The van der Waals surface area contributed by atoms with Gasteiger partial charge < -0.3 is 10.2 Å². The lowest BCUT2D eigenvalue weighted by Crippen LogP contribution is -2.45. The number of imide groups is 1. The van der Waals surface area contributed by atoms with Crippen LogP contribution < -0.4 is 10.6 Å². The largest absolute Gasteiger partial charge is 0.330 e. The molecule has 1 aromatic carbocycles. The van der Waals surface area contributed by atoms with Crippen molar-refractivity contribution in [3.8, 4) is 11.4 Å². The number of urea groups is 1. The molecule has 4 rings (SSSR count). The van der Waals surface area contributed by atoms with Gasteiger partial charge in [0.1, 0.15) is 6.04 Å². The summed E-state index contributed by atoms with van der Waals surface area (Å²) in [7, 11) is 0. The second kappa shape index (κ2) is 7.65. The zero-order chi connectivity index (χ0) is 20.5. The minimum atomic E-state index is -0.651. The van der Waals surface area contributed by atoms with Crippen LogP contribution >= 0.6 is 0 Å². The molecule has 9 nitrogen and oxygen atoms in total. The standard InChI is InChI=1S/C20H24N6O3/c1-12(2)16-18-22-17(13-6-4-3-5-7-13)24-26(18)11-10-25(16)15(27)9-8-14-19(28)23-20(29)21-14/h3-7,12,14,16H,8-11H2,1-2H3,(H2,21,23,28,29)/t14-,16-/m0/s1. The predicted octanol–water partition coefficient (Wildman–Crippen LogP) is 1.47. The Kier molecular flexibility index (Phi) is 5.04. The number of hydrogen-bond acceptors (Lipinski definition) is 5. The van der Waals surface area contributed by atoms with Gasteiger partial charge in [-0.05, 0) is 12.3 Å². The Morgan fingerprint density at radius 3 is 2.62 bits per heavy atom. The third-order valence-corrected chi connectivity index (χ3v) is 5.34. The lowest BCUT2D eigenvalue weighted by molar-refractivity contribution is -0.136. The average Bonchev–Trinajstić information content (AvgIpc) is 3.28. The van der Waals surface area contributed by atoms with Crippen molar-refractivity contribution in [2.45, 2.75) is 45.3 Å². The Balaban J connectivity index is 1.52. The molecular weight excluding hydrogens is 372 g/mol. The second-order valence-electron chi connectivity index (χ2n) is 7.71. The van der Waals surface area contributed by atoms with Crippen molar-refractivity contribution in [3.63, 3.8) is 0 Å². The molecule has 0 bridgehead atoms. The summed E-state index contributed by atoms with van der Waals surface area (Å²) in [6, 6.07) is 8.43. The van der Waals surface area contributed by atoms with Crippen LogP contribution in [-0.2, 0) is 16.1 Å². The Bertz CT molecular complexity index is 939. The first-order valence-electron chi connectivity index (χ1n) is 9.85. The number of fused-ring (bicyclic) bond motifs is 1. The first kappa shape index (κ1) is 19.1. The van der Waals surface area contributed by atoms with Gasteiger partial charge in [0.15, 0.2) is 11.6 Å². The van der Waals surface area contributed by atoms with Crippen LogP contribution in [0.3, 0.4) is 0 Å². The maximum atomic E-state index is 13.0. The van der Waals surface area contributed by atoms with Gasteiger partial charge in [0, 0.05) is 18.5 Å². The summed E-state index contributed by atoms with van der Waals surface area (Å²) in [5.74, 6) is 1.17. The summed E-state index contributed by atoms with van der Waals surface area (Å²) in [4.78, 5) is 42.5. The summed E-state index contributed by atoms with van der Waals surface area (Å²) in [5.41, 5.74) is 0.942. The van der Waals surface area contributed by atoms with E-state index in [1.54, 1.807) is 0 Å². The van der Waals surface area contributed by atoms with Crippen molar-refractivity contribution >= 4 is 17.8 Å². The van der Waals surface area contributed by atoms with Crippen molar-refractivity contribution in [2.24, 2.45) is 5.92 Å². The smallest absolute Gasteiger partial charge is 0.322 e. The number of carbonyl (C=O) groups is 3. The number of amides is 4. The van der Waals surface area contributed by atoms with Gasteiger partial charge in [-0.2, -0.15) is 5.10 Å². The number of nitrogens with zero attached hydrogens (tertiary/aromatic N) is 4. The molecule has 0 saturated carbocycles. The number of benzene rings is 1. The van der Waals surface area contributed by atoms with Crippen LogP contribution in [0.25, 0.3) is 11.4 Å². The molecule has 4 amide bonds. The molecule has 2 aliphatic heterocycles. The van der Waals surface area contributed by atoms with Gasteiger partial charge in [0.25, 0.3) is 5.91 Å². The zero-order valence-corrected chi connectivity index (χ0v) is 16.5. The minimum Gasteiger partial charge on any atom is -0.330 e. The van der Waals surface area contributed by atoms with Crippen LogP contribution in [0.2, 0.25) is 0 Å². The molecule has 0 spiro atoms. The van der Waals surface area contributed by atoms with Crippen LogP contribution in [0.5, 0.6) is 0 Å². The normalized spacial score (nSPS) is 21.1. The van der Waals surface area contributed by atoms with Gasteiger partial charge in [0.05, 0.1) is 12.6 Å². The van der Waals surface area contributed by atoms with E-state index in [1.165, 1.54) is 0 Å². The molecule has 2 N–H and O–H groups in total. The zero-order valence-electron chi connectivity index (χ0n) is 16.5. The van der Waals surface area contributed by atoms with E-state index in [0.29, 0.717) is 18.9 Å². The highest BCUT2D eigenvalue weighted by atomic mass is 16.2. The van der Waals surface area contributed by atoms with Crippen LogP contribution in [0.1, 0.15) is 38.6 Å². The molecule has 2 aliphatic rings. The topological polar surface area (TPSA) is 109 Å². The van der Waals surface area contributed by atoms with Crippen molar-refractivity contribution in [2.75, 3.05) is 6.54 Å². The number of rotatable bonds is 5. The first-order valence-corrected chi connectivity index (χ1v) is 9.85. The Labute approximate surface area is 168 Å². The van der Waals surface area contributed by atoms with Crippen LogP contribution in [-0.4, -0.2) is 50.1 Å². The summed E-state index contributed by atoms with van der Waals surface area (Å²) < 4.78 is 1.89. The van der Waals surface area contributed by atoms with Crippen molar-refractivity contribution < 1.29 is 14.4 Å². The molecule has 3 heterocycles. The molecule has 1 aromatic heterocycles. The third kappa shape index (κ3) is 3.72. The summed E-state index contributed by atoms with van der Waals surface area (Å²) >= 11 is 0. The molecule has 2 atom stereocenters. The van der Waals surface area contributed by atoms with E-state index in [2.05, 4.69) is 29.6 Å². The van der Waals surface area contributed by atoms with E-state index in [4.69, 9.17) is 4.98 Å². The van der Waals surface area contributed by atoms with Gasteiger partial charge >= 0.3 is 6.03 Å². The fourth-order valence-electron chi connectivity index (χ4n) is 3.94. The van der Waals surface area contributed by atoms with E-state index in [0.717, 1.165) is 11.4 Å². The monoisotopic (exact) mass is 396 g/mol. The minimum absolute atomic E-state index is 0.0480. The Morgan fingerprint density at radius 2 is 1.97 bits per heavy atom. The van der Waals surface area contributed by atoms with Crippen LogP contribution in [0.15, 0.2) is 30.3 Å². The fourth-order valence-corrected chi connectivity index (χ4v) is 3.94. The van der Waals surface area contributed by atoms with Gasteiger partial charge in [-0.1, -0.05) is 44.2 Å². The van der Waals surface area contributed by atoms with Crippen molar-refractivity contribution in [3.05, 3.63) is 36.2 Å². The highest BCUT2D eigenvalue weighted by Crippen LogP contribution is 2.33. The summed E-state index contributed by atoms with van der Waals surface area (Å²) in [6.07, 6.45) is 0.459.